The highest BCUT2D eigenvalue weighted by Crippen LogP contribution is 2.16. The van der Waals surface area contributed by atoms with Crippen LogP contribution in [0.2, 0.25) is 0 Å². The Morgan fingerprint density at radius 3 is 2.65 bits per heavy atom. The van der Waals surface area contributed by atoms with Gasteiger partial charge in [-0.1, -0.05) is 42.0 Å². The number of hydrogen-bond donors (Lipinski definition) is 0. The van der Waals surface area contributed by atoms with E-state index >= 15 is 0 Å². The molecule has 0 atom stereocenters. The van der Waals surface area contributed by atoms with Crippen LogP contribution in [0.25, 0.3) is 0 Å². The van der Waals surface area contributed by atoms with Crippen LogP contribution in [-0.2, 0) is 22.6 Å². The molecule has 1 aliphatic heterocycles. The Morgan fingerprint density at radius 2 is 1.91 bits per heavy atom. The van der Waals surface area contributed by atoms with E-state index in [1.807, 2.05) is 37.3 Å². The maximum Gasteiger partial charge on any atom is 0.227 e. The molecule has 0 aromatic heterocycles. The van der Waals surface area contributed by atoms with Gasteiger partial charge in [-0.15, -0.1) is 0 Å². The number of benzene rings is 2. The molecule has 0 aliphatic carbocycles. The summed E-state index contributed by atoms with van der Waals surface area (Å²) in [4.78, 5) is 14.0. The topological polar surface area (TPSA) is 29.5 Å². The van der Waals surface area contributed by atoms with Gasteiger partial charge < -0.3 is 9.64 Å². The van der Waals surface area contributed by atoms with Crippen molar-refractivity contribution in [1.82, 2.24) is 4.90 Å². The Balaban J connectivity index is 1.43. The van der Waals surface area contributed by atoms with Crippen molar-refractivity contribution in [2.24, 2.45) is 0 Å². The van der Waals surface area contributed by atoms with E-state index < -0.39 is 0 Å². The fourth-order valence-electron chi connectivity index (χ4n) is 2.70. The molecule has 0 saturated carbocycles. The summed E-state index contributed by atoms with van der Waals surface area (Å²) < 4.78 is 18.8. The molecule has 1 saturated heterocycles. The lowest BCUT2D eigenvalue weighted by Gasteiger charge is -2.39. The summed E-state index contributed by atoms with van der Waals surface area (Å²) >= 11 is 0. The van der Waals surface area contributed by atoms with Crippen LogP contribution in [0.1, 0.15) is 16.7 Å². The number of carbonyl (C=O) groups is 1. The van der Waals surface area contributed by atoms with Crippen molar-refractivity contribution < 1.29 is 13.9 Å². The fraction of sp³-hybridized carbons (Fsp3) is 0.316. The van der Waals surface area contributed by atoms with Crippen molar-refractivity contribution in [3.05, 3.63) is 71.0 Å². The van der Waals surface area contributed by atoms with Gasteiger partial charge in [0, 0.05) is 13.1 Å². The zero-order chi connectivity index (χ0) is 16.2. The molecule has 1 fully saturated rings. The van der Waals surface area contributed by atoms with Crippen LogP contribution in [0, 0.1) is 12.7 Å². The zero-order valence-electron chi connectivity index (χ0n) is 13.2. The summed E-state index contributed by atoms with van der Waals surface area (Å²) in [6, 6.07) is 14.4. The number of amides is 1. The highest BCUT2D eigenvalue weighted by Gasteiger charge is 2.31. The Kier molecular flexibility index (Phi) is 4.72. The molecule has 120 valence electrons. The predicted octanol–water partition coefficient (Wildman–Crippen LogP) is 3.10. The zero-order valence-corrected chi connectivity index (χ0v) is 13.2. The van der Waals surface area contributed by atoms with Gasteiger partial charge in [0.15, 0.2) is 0 Å². The van der Waals surface area contributed by atoms with Crippen LogP contribution in [0.5, 0.6) is 0 Å². The molecule has 0 radical (unpaired) electrons. The van der Waals surface area contributed by atoms with E-state index in [4.69, 9.17) is 4.74 Å². The first-order valence-corrected chi connectivity index (χ1v) is 7.79. The first-order valence-electron chi connectivity index (χ1n) is 7.79. The van der Waals surface area contributed by atoms with Crippen molar-refractivity contribution in [1.29, 1.82) is 0 Å². The molecule has 2 aromatic carbocycles. The molecular weight excluding hydrogens is 293 g/mol. The van der Waals surface area contributed by atoms with Crippen molar-refractivity contribution in [3.8, 4) is 0 Å². The third kappa shape index (κ3) is 4.17. The minimum atomic E-state index is -0.255. The number of rotatable bonds is 5. The maximum absolute atomic E-state index is 13.1. The molecule has 1 amide bonds. The molecule has 1 heterocycles. The van der Waals surface area contributed by atoms with Gasteiger partial charge in [0.05, 0.1) is 19.1 Å². The third-order valence-electron chi connectivity index (χ3n) is 4.01. The quantitative estimate of drug-likeness (QED) is 0.849. The van der Waals surface area contributed by atoms with Gasteiger partial charge in [0.1, 0.15) is 5.82 Å². The molecule has 0 unspecified atom stereocenters. The van der Waals surface area contributed by atoms with E-state index in [9.17, 15) is 9.18 Å². The largest absolute Gasteiger partial charge is 0.370 e. The molecule has 4 heteroatoms. The average Bonchev–Trinajstić information content (AvgIpc) is 2.45. The van der Waals surface area contributed by atoms with Gasteiger partial charge >= 0.3 is 0 Å². The first-order chi connectivity index (χ1) is 11.1. The second-order valence-corrected chi connectivity index (χ2v) is 6.03. The lowest BCUT2D eigenvalue weighted by atomic mass is 10.1. The van der Waals surface area contributed by atoms with E-state index in [0.717, 1.165) is 16.7 Å². The van der Waals surface area contributed by atoms with Crippen LogP contribution in [0.15, 0.2) is 48.5 Å². The first kappa shape index (κ1) is 15.7. The molecular formula is C19H20FNO2. The Bertz CT molecular complexity index is 695. The van der Waals surface area contributed by atoms with Gasteiger partial charge in [-0.05, 0) is 30.2 Å². The number of aryl methyl sites for hydroxylation is 1. The van der Waals surface area contributed by atoms with Crippen LogP contribution < -0.4 is 0 Å². The van der Waals surface area contributed by atoms with Crippen LogP contribution in [-0.4, -0.2) is 30.0 Å². The van der Waals surface area contributed by atoms with Crippen molar-refractivity contribution in [2.75, 3.05) is 13.1 Å². The van der Waals surface area contributed by atoms with Crippen molar-refractivity contribution in [3.63, 3.8) is 0 Å². The number of ether oxygens (including phenoxy) is 1. The number of likely N-dealkylation sites (tertiary alicyclic amines) is 1. The number of carbonyl (C=O) groups excluding carboxylic acids is 1. The monoisotopic (exact) mass is 313 g/mol. The lowest BCUT2D eigenvalue weighted by molar-refractivity contribution is -0.145. The highest BCUT2D eigenvalue weighted by molar-refractivity contribution is 5.79. The second kappa shape index (κ2) is 6.92. The third-order valence-corrected chi connectivity index (χ3v) is 4.01. The smallest absolute Gasteiger partial charge is 0.227 e. The predicted molar refractivity (Wildman–Crippen MR) is 86.4 cm³/mol. The lowest BCUT2D eigenvalue weighted by Crippen LogP contribution is -2.55. The molecule has 1 aliphatic rings. The summed E-state index contributed by atoms with van der Waals surface area (Å²) in [6.45, 7) is 3.62. The summed E-state index contributed by atoms with van der Waals surface area (Å²) in [5.74, 6) is -0.129. The summed E-state index contributed by atoms with van der Waals surface area (Å²) in [7, 11) is 0. The number of hydrogen-bond acceptors (Lipinski definition) is 2. The van der Waals surface area contributed by atoms with Gasteiger partial charge in [0.2, 0.25) is 5.91 Å². The minimum absolute atomic E-state index is 0.0414. The highest BCUT2D eigenvalue weighted by atomic mass is 19.1. The minimum Gasteiger partial charge on any atom is -0.370 e. The summed E-state index contributed by atoms with van der Waals surface area (Å²) in [5, 5.41) is 0. The van der Waals surface area contributed by atoms with E-state index in [0.29, 0.717) is 26.1 Å². The van der Waals surface area contributed by atoms with Gasteiger partial charge in [0.25, 0.3) is 0 Å². The SMILES string of the molecule is Cc1cccc(CC(=O)N2CC(OCc3cccc(F)c3)C2)c1. The van der Waals surface area contributed by atoms with Gasteiger partial charge in [-0.25, -0.2) is 4.39 Å². The van der Waals surface area contributed by atoms with E-state index in [1.165, 1.54) is 12.1 Å². The number of halogens is 1. The van der Waals surface area contributed by atoms with E-state index in [1.54, 1.807) is 11.0 Å². The van der Waals surface area contributed by atoms with Crippen molar-refractivity contribution >= 4 is 5.91 Å². The molecule has 0 spiro atoms. The molecule has 0 bridgehead atoms. The van der Waals surface area contributed by atoms with Gasteiger partial charge in [-0.2, -0.15) is 0 Å². The second-order valence-electron chi connectivity index (χ2n) is 6.03. The molecule has 3 rings (SSSR count). The van der Waals surface area contributed by atoms with Crippen molar-refractivity contribution in [2.45, 2.75) is 26.1 Å². The molecule has 2 aromatic rings. The molecule has 0 N–H and O–H groups in total. The van der Waals surface area contributed by atoms with E-state index in [2.05, 4.69) is 0 Å². The number of nitrogens with zero attached hydrogens (tertiary/aromatic N) is 1. The standard InChI is InChI=1S/C19H20FNO2/c1-14-4-2-5-15(8-14)10-19(22)21-11-18(12-21)23-13-16-6-3-7-17(20)9-16/h2-9,18H,10-13H2,1H3. The van der Waals surface area contributed by atoms with Gasteiger partial charge in [-0.3, -0.25) is 4.79 Å². The molecule has 3 nitrogen and oxygen atoms in total. The average molecular weight is 313 g/mol. The normalized spacial score (nSPS) is 14.6. The Labute approximate surface area is 135 Å². The van der Waals surface area contributed by atoms with Crippen LogP contribution in [0.3, 0.4) is 0 Å². The maximum atomic E-state index is 13.1. The van der Waals surface area contributed by atoms with Crippen LogP contribution in [0.4, 0.5) is 4.39 Å². The Hall–Kier alpha value is -2.20. The summed E-state index contributed by atoms with van der Waals surface area (Å²) in [5.41, 5.74) is 3.02. The van der Waals surface area contributed by atoms with Crippen LogP contribution >= 0.6 is 0 Å². The Morgan fingerprint density at radius 1 is 1.17 bits per heavy atom. The van der Waals surface area contributed by atoms with E-state index in [-0.39, 0.29) is 17.8 Å². The fourth-order valence-corrected chi connectivity index (χ4v) is 2.70. The summed E-state index contributed by atoms with van der Waals surface area (Å²) in [6.07, 6.45) is 0.470. The molecule has 23 heavy (non-hydrogen) atoms.